The summed E-state index contributed by atoms with van der Waals surface area (Å²) < 4.78 is 0. The number of amides is 3. The first-order valence-corrected chi connectivity index (χ1v) is 9.28. The minimum atomic E-state index is -0.440. The van der Waals surface area contributed by atoms with Crippen molar-refractivity contribution in [1.82, 2.24) is 10.2 Å². The minimum Gasteiger partial charge on any atom is -0.392 e. The second-order valence-electron chi connectivity index (χ2n) is 7.61. The van der Waals surface area contributed by atoms with Crippen molar-refractivity contribution in [2.24, 2.45) is 5.41 Å². The molecule has 1 aromatic carbocycles. The largest absolute Gasteiger partial charge is 0.392 e. The van der Waals surface area contributed by atoms with Crippen LogP contribution in [0.3, 0.4) is 0 Å². The molecular formula is C19H25N3O4. The highest BCUT2D eigenvalue weighted by atomic mass is 16.3. The van der Waals surface area contributed by atoms with Crippen molar-refractivity contribution in [1.29, 1.82) is 0 Å². The van der Waals surface area contributed by atoms with E-state index in [2.05, 4.69) is 5.32 Å². The molecule has 3 fully saturated rings. The average Bonchev–Trinajstić information content (AvgIpc) is 3.08. The Morgan fingerprint density at radius 2 is 1.77 bits per heavy atom. The van der Waals surface area contributed by atoms with Gasteiger partial charge in [0, 0.05) is 43.7 Å². The molecule has 2 aliphatic heterocycles. The van der Waals surface area contributed by atoms with Crippen molar-refractivity contribution in [3.63, 3.8) is 0 Å². The Morgan fingerprint density at radius 3 is 2.31 bits per heavy atom. The number of nitrogens with one attached hydrogen (secondary N) is 1. The van der Waals surface area contributed by atoms with E-state index >= 15 is 0 Å². The number of benzene rings is 1. The van der Waals surface area contributed by atoms with Crippen molar-refractivity contribution in [2.45, 2.75) is 37.9 Å². The molecule has 3 aliphatic rings. The molecule has 0 unspecified atom stereocenters. The highest BCUT2D eigenvalue weighted by Crippen LogP contribution is 2.49. The molecule has 1 spiro atoms. The number of hydrogen-bond donors (Lipinski definition) is 3. The molecule has 2 heterocycles. The summed E-state index contributed by atoms with van der Waals surface area (Å²) in [6.07, 6.45) is 1.21. The topological polar surface area (TPSA) is 93.1 Å². The van der Waals surface area contributed by atoms with Crippen LogP contribution < -0.4 is 10.2 Å². The lowest BCUT2D eigenvalue weighted by atomic mass is 9.58. The summed E-state index contributed by atoms with van der Waals surface area (Å²) in [5.41, 5.74) is 1.36. The van der Waals surface area contributed by atoms with Crippen LogP contribution in [0, 0.1) is 5.41 Å². The first-order valence-electron chi connectivity index (χ1n) is 9.28. The summed E-state index contributed by atoms with van der Waals surface area (Å²) in [7, 11) is 0. The fraction of sp³-hybridized carbons (Fsp3) is 0.579. The van der Waals surface area contributed by atoms with E-state index in [1.165, 1.54) is 0 Å². The highest BCUT2D eigenvalue weighted by Gasteiger charge is 2.55. The fourth-order valence-electron chi connectivity index (χ4n) is 4.38. The van der Waals surface area contributed by atoms with Gasteiger partial charge in [-0.15, -0.1) is 0 Å². The number of nitrogens with zero attached hydrogens (tertiary/aromatic N) is 2. The Morgan fingerprint density at radius 1 is 1.12 bits per heavy atom. The van der Waals surface area contributed by atoms with E-state index in [4.69, 9.17) is 0 Å². The molecule has 3 N–H and O–H groups in total. The van der Waals surface area contributed by atoms with Gasteiger partial charge in [0.25, 0.3) is 0 Å². The second kappa shape index (κ2) is 6.55. The number of carbonyl (C=O) groups is 2. The van der Waals surface area contributed by atoms with E-state index in [-0.39, 0.29) is 11.9 Å². The Balaban J connectivity index is 1.33. The number of carbonyl (C=O) groups excluding carboxylic acids is 2. The van der Waals surface area contributed by atoms with Gasteiger partial charge in [-0.1, -0.05) is 12.1 Å². The van der Waals surface area contributed by atoms with Crippen LogP contribution in [0.4, 0.5) is 10.5 Å². The number of piperidine rings is 1. The summed E-state index contributed by atoms with van der Waals surface area (Å²) in [4.78, 5) is 27.8. The van der Waals surface area contributed by atoms with Gasteiger partial charge in [-0.05, 0) is 30.5 Å². The van der Waals surface area contributed by atoms with E-state index in [9.17, 15) is 19.8 Å². The van der Waals surface area contributed by atoms with E-state index < -0.39 is 17.6 Å². The van der Waals surface area contributed by atoms with Crippen molar-refractivity contribution in [3.05, 3.63) is 29.8 Å². The standard InChI is InChI=1S/C19H25N3O4/c23-15-12-16(24)19(15)5-8-21(9-6-19)17(25)11-13-1-3-14(4-2-13)22-10-7-20-18(22)26/h1-4,15-16,23-24H,5-12H2,(H,20,26)/t15-,16+. The normalized spacial score (nSPS) is 27.4. The molecule has 4 rings (SSSR count). The van der Waals surface area contributed by atoms with Crippen molar-refractivity contribution < 1.29 is 19.8 Å². The molecule has 26 heavy (non-hydrogen) atoms. The van der Waals surface area contributed by atoms with Gasteiger partial charge >= 0.3 is 6.03 Å². The lowest BCUT2D eigenvalue weighted by Crippen LogP contribution is -2.61. The number of likely N-dealkylation sites (tertiary alicyclic amines) is 1. The van der Waals surface area contributed by atoms with Crippen LogP contribution in [0.5, 0.6) is 0 Å². The molecule has 2 saturated heterocycles. The van der Waals surface area contributed by atoms with Crippen LogP contribution >= 0.6 is 0 Å². The maximum atomic E-state index is 12.6. The molecule has 1 aliphatic carbocycles. The smallest absolute Gasteiger partial charge is 0.321 e. The van der Waals surface area contributed by atoms with E-state index in [1.807, 2.05) is 29.2 Å². The van der Waals surface area contributed by atoms with Crippen LogP contribution in [-0.2, 0) is 11.2 Å². The molecule has 0 radical (unpaired) electrons. The molecule has 140 valence electrons. The molecule has 1 aromatic rings. The van der Waals surface area contributed by atoms with Gasteiger partial charge in [-0.2, -0.15) is 0 Å². The fourth-order valence-corrected chi connectivity index (χ4v) is 4.38. The first-order chi connectivity index (χ1) is 12.5. The van der Waals surface area contributed by atoms with Crippen LogP contribution in [0.15, 0.2) is 24.3 Å². The zero-order chi connectivity index (χ0) is 18.3. The van der Waals surface area contributed by atoms with Crippen LogP contribution in [0.1, 0.15) is 24.8 Å². The maximum absolute atomic E-state index is 12.6. The van der Waals surface area contributed by atoms with Gasteiger partial charge in [-0.3, -0.25) is 9.69 Å². The number of aliphatic hydroxyl groups is 2. The predicted octanol–water partition coefficient (Wildman–Crippen LogP) is 0.493. The molecule has 0 bridgehead atoms. The number of rotatable bonds is 3. The Bertz CT molecular complexity index is 687. The molecular weight excluding hydrogens is 334 g/mol. The Labute approximate surface area is 152 Å². The number of aliphatic hydroxyl groups excluding tert-OH is 2. The molecule has 3 amide bonds. The monoisotopic (exact) mass is 359 g/mol. The Kier molecular flexibility index (Phi) is 4.36. The number of anilines is 1. The van der Waals surface area contributed by atoms with E-state index in [1.54, 1.807) is 4.90 Å². The molecule has 1 saturated carbocycles. The Hall–Kier alpha value is -2.12. The van der Waals surface area contributed by atoms with Crippen molar-refractivity contribution in [2.75, 3.05) is 31.1 Å². The lowest BCUT2D eigenvalue weighted by Gasteiger charge is -2.55. The maximum Gasteiger partial charge on any atom is 0.321 e. The molecule has 7 heteroatoms. The van der Waals surface area contributed by atoms with Gasteiger partial charge in [0.05, 0.1) is 18.6 Å². The van der Waals surface area contributed by atoms with Crippen LogP contribution in [-0.4, -0.2) is 65.4 Å². The van der Waals surface area contributed by atoms with Gasteiger partial charge in [0.15, 0.2) is 0 Å². The predicted molar refractivity (Wildman–Crippen MR) is 95.8 cm³/mol. The van der Waals surface area contributed by atoms with Gasteiger partial charge < -0.3 is 20.4 Å². The zero-order valence-corrected chi connectivity index (χ0v) is 14.7. The van der Waals surface area contributed by atoms with Crippen LogP contribution in [0.2, 0.25) is 0 Å². The lowest BCUT2D eigenvalue weighted by molar-refractivity contribution is -0.191. The molecule has 2 atom stereocenters. The SMILES string of the molecule is O=C(Cc1ccc(N2CCNC2=O)cc1)N1CCC2(CC1)[C@H](O)C[C@@H]2O. The average molecular weight is 359 g/mol. The molecule has 0 aromatic heterocycles. The summed E-state index contributed by atoms with van der Waals surface area (Å²) >= 11 is 0. The first kappa shape index (κ1) is 17.3. The van der Waals surface area contributed by atoms with E-state index in [0.29, 0.717) is 51.9 Å². The minimum absolute atomic E-state index is 0.0646. The third-order valence-electron chi connectivity index (χ3n) is 6.28. The third-order valence-corrected chi connectivity index (χ3v) is 6.28. The van der Waals surface area contributed by atoms with E-state index in [0.717, 1.165) is 11.3 Å². The number of hydrogen-bond acceptors (Lipinski definition) is 4. The van der Waals surface area contributed by atoms with Gasteiger partial charge in [0.2, 0.25) is 5.91 Å². The summed E-state index contributed by atoms with van der Waals surface area (Å²) in [6.45, 7) is 2.47. The zero-order valence-electron chi connectivity index (χ0n) is 14.7. The quantitative estimate of drug-likeness (QED) is 0.732. The van der Waals surface area contributed by atoms with Gasteiger partial charge in [0.1, 0.15) is 0 Å². The summed E-state index contributed by atoms with van der Waals surface area (Å²) in [6, 6.07) is 7.45. The second-order valence-corrected chi connectivity index (χ2v) is 7.61. The highest BCUT2D eigenvalue weighted by molar-refractivity contribution is 5.94. The summed E-state index contributed by atoms with van der Waals surface area (Å²) in [5, 5.41) is 22.8. The van der Waals surface area contributed by atoms with Crippen molar-refractivity contribution >= 4 is 17.6 Å². The van der Waals surface area contributed by atoms with Gasteiger partial charge in [-0.25, -0.2) is 4.79 Å². The summed E-state index contributed by atoms with van der Waals surface area (Å²) in [5.74, 6) is 0.0646. The van der Waals surface area contributed by atoms with Crippen LogP contribution in [0.25, 0.3) is 0 Å². The van der Waals surface area contributed by atoms with Crippen molar-refractivity contribution in [3.8, 4) is 0 Å². The third kappa shape index (κ3) is 2.85. The molecule has 7 nitrogen and oxygen atoms in total. The number of urea groups is 1.